The average molecular weight is 416 g/mol. The van der Waals surface area contributed by atoms with Crippen LogP contribution in [0.1, 0.15) is 5.56 Å². The lowest BCUT2D eigenvalue weighted by atomic mass is 10.1. The number of nitrogens with one attached hydrogen (secondary N) is 1. The molecule has 162 valence electrons. The molecule has 1 heterocycles. The minimum atomic E-state index is -0.222. The predicted octanol–water partition coefficient (Wildman–Crippen LogP) is 2.10. The molecule has 1 atom stereocenters. The number of likely N-dealkylation sites (N-methyl/N-ethyl adjacent to an activating group) is 1. The summed E-state index contributed by atoms with van der Waals surface area (Å²) in [5.41, 5.74) is 0.895. The lowest BCUT2D eigenvalue weighted by molar-refractivity contribution is -0.122. The van der Waals surface area contributed by atoms with Crippen molar-refractivity contribution in [3.05, 3.63) is 42.0 Å². The number of benzene rings is 2. The summed E-state index contributed by atoms with van der Waals surface area (Å²) in [7, 11) is 6.59. The monoisotopic (exact) mass is 416 g/mol. The van der Waals surface area contributed by atoms with Gasteiger partial charge in [0.15, 0.2) is 23.0 Å². The molecule has 2 aromatic rings. The Bertz CT molecular complexity index is 873. The Balaban J connectivity index is 1.52. The van der Waals surface area contributed by atoms with Crippen molar-refractivity contribution in [2.45, 2.75) is 12.6 Å². The fourth-order valence-electron chi connectivity index (χ4n) is 3.33. The van der Waals surface area contributed by atoms with E-state index in [-0.39, 0.29) is 18.6 Å². The average Bonchev–Trinajstić information content (AvgIpc) is 2.76. The summed E-state index contributed by atoms with van der Waals surface area (Å²) in [5.74, 6) is 3.04. The molecule has 1 aliphatic heterocycles. The zero-order chi connectivity index (χ0) is 21.5. The van der Waals surface area contributed by atoms with Gasteiger partial charge in [-0.25, -0.2) is 0 Å². The number of hydrogen-bond donors (Lipinski definition) is 1. The highest BCUT2D eigenvalue weighted by Gasteiger charge is 2.22. The van der Waals surface area contributed by atoms with Crippen molar-refractivity contribution in [1.82, 2.24) is 10.2 Å². The largest absolute Gasteiger partial charge is 0.493 e. The summed E-state index contributed by atoms with van der Waals surface area (Å²) in [4.78, 5) is 14.3. The van der Waals surface area contributed by atoms with E-state index in [4.69, 9.17) is 23.7 Å². The molecule has 0 bridgehead atoms. The SMILES string of the molecule is COc1ccc(CN(C)CC(=O)NCC2COc3ccccc3O2)c(OC)c1OC. The van der Waals surface area contributed by atoms with Crippen LogP contribution >= 0.6 is 0 Å². The number of carbonyl (C=O) groups excluding carboxylic acids is 1. The third-order valence-electron chi connectivity index (χ3n) is 4.73. The maximum absolute atomic E-state index is 12.4. The maximum Gasteiger partial charge on any atom is 0.234 e. The highest BCUT2D eigenvalue weighted by Crippen LogP contribution is 2.40. The highest BCUT2D eigenvalue weighted by atomic mass is 16.6. The molecule has 30 heavy (non-hydrogen) atoms. The van der Waals surface area contributed by atoms with Crippen LogP contribution in [0, 0.1) is 0 Å². The van der Waals surface area contributed by atoms with Gasteiger partial charge in [0.05, 0.1) is 34.4 Å². The van der Waals surface area contributed by atoms with Crippen LogP contribution in [-0.4, -0.2) is 65.0 Å². The zero-order valence-corrected chi connectivity index (χ0v) is 17.8. The van der Waals surface area contributed by atoms with E-state index in [0.29, 0.717) is 42.7 Å². The van der Waals surface area contributed by atoms with Crippen LogP contribution in [0.5, 0.6) is 28.7 Å². The van der Waals surface area contributed by atoms with E-state index in [1.165, 1.54) is 0 Å². The Morgan fingerprint density at radius 3 is 2.50 bits per heavy atom. The molecule has 8 nitrogen and oxygen atoms in total. The van der Waals surface area contributed by atoms with Gasteiger partial charge in [0.2, 0.25) is 11.7 Å². The number of hydrogen-bond acceptors (Lipinski definition) is 7. The van der Waals surface area contributed by atoms with Gasteiger partial charge in [0.1, 0.15) is 12.7 Å². The van der Waals surface area contributed by atoms with Crippen molar-refractivity contribution < 1.29 is 28.5 Å². The van der Waals surface area contributed by atoms with Gasteiger partial charge < -0.3 is 29.0 Å². The second kappa shape index (κ2) is 10.1. The van der Waals surface area contributed by atoms with Gasteiger partial charge in [-0.3, -0.25) is 9.69 Å². The molecular weight excluding hydrogens is 388 g/mol. The summed E-state index contributed by atoms with van der Waals surface area (Å²) in [6, 6.07) is 11.2. The third-order valence-corrected chi connectivity index (χ3v) is 4.73. The topological polar surface area (TPSA) is 78.5 Å². The number of nitrogens with zero attached hydrogens (tertiary/aromatic N) is 1. The lowest BCUT2D eigenvalue weighted by Gasteiger charge is -2.27. The number of fused-ring (bicyclic) bond motifs is 1. The summed E-state index contributed by atoms with van der Waals surface area (Å²) >= 11 is 0. The number of para-hydroxylation sites is 2. The minimum absolute atomic E-state index is 0.0978. The van der Waals surface area contributed by atoms with Crippen molar-refractivity contribution in [1.29, 1.82) is 0 Å². The quantitative estimate of drug-likeness (QED) is 0.671. The van der Waals surface area contributed by atoms with Crippen molar-refractivity contribution >= 4 is 5.91 Å². The summed E-state index contributed by atoms with van der Waals surface area (Å²) in [5, 5.41) is 2.91. The predicted molar refractivity (Wildman–Crippen MR) is 112 cm³/mol. The fourth-order valence-corrected chi connectivity index (χ4v) is 3.33. The van der Waals surface area contributed by atoms with Gasteiger partial charge in [-0.1, -0.05) is 18.2 Å². The van der Waals surface area contributed by atoms with Gasteiger partial charge in [-0.15, -0.1) is 0 Å². The van der Waals surface area contributed by atoms with Crippen LogP contribution in [0.25, 0.3) is 0 Å². The van der Waals surface area contributed by atoms with Gasteiger partial charge in [-0.2, -0.15) is 0 Å². The summed E-state index contributed by atoms with van der Waals surface area (Å²) < 4.78 is 27.8. The Labute approximate surface area is 176 Å². The molecule has 0 fully saturated rings. The highest BCUT2D eigenvalue weighted by molar-refractivity contribution is 5.78. The fraction of sp³-hybridized carbons (Fsp3) is 0.409. The number of ether oxygens (including phenoxy) is 5. The Morgan fingerprint density at radius 1 is 1.07 bits per heavy atom. The first-order valence-corrected chi connectivity index (χ1v) is 9.67. The van der Waals surface area contributed by atoms with E-state index in [9.17, 15) is 4.79 Å². The summed E-state index contributed by atoms with van der Waals surface area (Å²) in [6.07, 6.45) is -0.222. The first kappa shape index (κ1) is 21.6. The molecule has 1 aliphatic rings. The Kier molecular flexibility index (Phi) is 7.24. The molecule has 1 unspecified atom stereocenters. The van der Waals surface area contributed by atoms with E-state index in [0.717, 1.165) is 11.3 Å². The van der Waals surface area contributed by atoms with E-state index < -0.39 is 0 Å². The van der Waals surface area contributed by atoms with Gasteiger partial charge in [0, 0.05) is 12.1 Å². The Hall–Kier alpha value is -3.13. The molecule has 1 amide bonds. The second-order valence-electron chi connectivity index (χ2n) is 6.97. The molecule has 3 rings (SSSR count). The van der Waals surface area contributed by atoms with E-state index in [2.05, 4.69) is 5.32 Å². The van der Waals surface area contributed by atoms with E-state index in [1.54, 1.807) is 21.3 Å². The van der Waals surface area contributed by atoms with Crippen molar-refractivity contribution in [3.8, 4) is 28.7 Å². The van der Waals surface area contributed by atoms with Gasteiger partial charge in [0.25, 0.3) is 0 Å². The molecule has 0 radical (unpaired) electrons. The van der Waals surface area contributed by atoms with Crippen LogP contribution in [0.3, 0.4) is 0 Å². The maximum atomic E-state index is 12.4. The second-order valence-corrected chi connectivity index (χ2v) is 6.97. The molecular formula is C22H28N2O6. The summed E-state index contributed by atoms with van der Waals surface area (Å²) in [6.45, 7) is 1.51. The van der Waals surface area contributed by atoms with Crippen molar-refractivity contribution in [2.75, 3.05) is 48.1 Å². The number of methoxy groups -OCH3 is 3. The first-order valence-electron chi connectivity index (χ1n) is 9.67. The van der Waals surface area contributed by atoms with Crippen molar-refractivity contribution in [3.63, 3.8) is 0 Å². The van der Waals surface area contributed by atoms with Gasteiger partial charge >= 0.3 is 0 Å². The minimum Gasteiger partial charge on any atom is -0.493 e. The van der Waals surface area contributed by atoms with Crippen molar-refractivity contribution in [2.24, 2.45) is 0 Å². The zero-order valence-electron chi connectivity index (χ0n) is 17.8. The van der Waals surface area contributed by atoms with Crippen LogP contribution in [0.15, 0.2) is 36.4 Å². The van der Waals surface area contributed by atoms with Crippen LogP contribution < -0.4 is 29.0 Å². The molecule has 1 N–H and O–H groups in total. The van der Waals surface area contributed by atoms with E-state index >= 15 is 0 Å². The first-order chi connectivity index (χ1) is 14.5. The lowest BCUT2D eigenvalue weighted by Crippen LogP contribution is -2.43. The van der Waals surface area contributed by atoms with E-state index in [1.807, 2.05) is 48.3 Å². The smallest absolute Gasteiger partial charge is 0.234 e. The standard InChI is InChI=1S/C22H28N2O6/c1-24(12-15-9-10-19(26-2)22(28-4)21(15)27-3)13-20(25)23-11-16-14-29-17-7-5-6-8-18(17)30-16/h5-10,16H,11-14H2,1-4H3,(H,23,25). The molecule has 0 aromatic heterocycles. The number of amides is 1. The Morgan fingerprint density at radius 2 is 1.80 bits per heavy atom. The van der Waals surface area contributed by atoms with Crippen LogP contribution in [-0.2, 0) is 11.3 Å². The molecule has 2 aromatic carbocycles. The van der Waals surface area contributed by atoms with Crippen LogP contribution in [0.4, 0.5) is 0 Å². The molecule has 0 saturated heterocycles. The third kappa shape index (κ3) is 5.07. The van der Waals surface area contributed by atoms with Gasteiger partial charge in [-0.05, 0) is 25.2 Å². The van der Waals surface area contributed by atoms with Crippen LogP contribution in [0.2, 0.25) is 0 Å². The number of rotatable bonds is 9. The normalized spacial score (nSPS) is 14.9. The number of carbonyl (C=O) groups is 1. The molecule has 0 aliphatic carbocycles. The molecule has 0 spiro atoms. The molecule has 8 heteroatoms. The molecule has 0 saturated carbocycles.